The van der Waals surface area contributed by atoms with E-state index in [1.165, 1.54) is 6.92 Å². The molecule has 0 spiro atoms. The summed E-state index contributed by atoms with van der Waals surface area (Å²) in [6, 6.07) is 0. The molecule has 78 valence electrons. The molecule has 0 bridgehead atoms. The second kappa shape index (κ2) is 3.08. The van der Waals surface area contributed by atoms with Gasteiger partial charge in [-0.2, -0.15) is 4.73 Å². The number of hydrogen-bond donors (Lipinski definition) is 2. The number of hydrogen-bond acceptors (Lipinski definition) is 5. The Hall–Kier alpha value is -2.38. The van der Waals surface area contributed by atoms with Crippen LogP contribution in [0.1, 0.15) is 6.92 Å². The zero-order valence-corrected chi connectivity index (χ0v) is 7.60. The number of aromatic amines is 2. The summed E-state index contributed by atoms with van der Waals surface area (Å²) < 4.78 is 0.895. The molecule has 2 aromatic rings. The summed E-state index contributed by atoms with van der Waals surface area (Å²) in [5.41, 5.74) is -1.30. The Morgan fingerprint density at radius 3 is 2.87 bits per heavy atom. The van der Waals surface area contributed by atoms with Crippen molar-refractivity contribution in [2.75, 3.05) is 0 Å². The van der Waals surface area contributed by atoms with Gasteiger partial charge in [0.25, 0.3) is 5.56 Å². The molecule has 8 heteroatoms. The van der Waals surface area contributed by atoms with Crippen molar-refractivity contribution in [3.05, 3.63) is 27.2 Å². The van der Waals surface area contributed by atoms with Crippen LogP contribution < -0.4 is 16.1 Å². The van der Waals surface area contributed by atoms with E-state index in [4.69, 9.17) is 0 Å². The van der Waals surface area contributed by atoms with E-state index < -0.39 is 17.2 Å². The molecule has 0 saturated carbocycles. The van der Waals surface area contributed by atoms with Crippen LogP contribution in [0, 0.1) is 0 Å². The highest BCUT2D eigenvalue weighted by Crippen LogP contribution is 1.99. The van der Waals surface area contributed by atoms with Crippen LogP contribution in [0.2, 0.25) is 0 Å². The average molecular weight is 210 g/mol. The lowest BCUT2D eigenvalue weighted by Gasteiger charge is -1.99. The minimum atomic E-state index is -0.674. The van der Waals surface area contributed by atoms with Gasteiger partial charge in [-0.15, -0.1) is 0 Å². The van der Waals surface area contributed by atoms with E-state index in [0.29, 0.717) is 0 Å². The van der Waals surface area contributed by atoms with Crippen LogP contribution in [0.15, 0.2) is 15.9 Å². The Morgan fingerprint density at radius 1 is 1.47 bits per heavy atom. The molecule has 0 atom stereocenters. The summed E-state index contributed by atoms with van der Waals surface area (Å²) in [6.07, 6.45) is 1.12. The Balaban J connectivity index is 2.74. The molecule has 2 aromatic heterocycles. The lowest BCUT2D eigenvalue weighted by molar-refractivity contribution is -0.141. The Bertz CT molecular complexity index is 634. The fourth-order valence-corrected chi connectivity index (χ4v) is 1.14. The first kappa shape index (κ1) is 9.19. The first-order chi connectivity index (χ1) is 7.08. The number of fused-ring (bicyclic) bond motifs is 1. The van der Waals surface area contributed by atoms with Crippen LogP contribution in [0.3, 0.4) is 0 Å². The summed E-state index contributed by atoms with van der Waals surface area (Å²) in [5.74, 6) is -0.597. The van der Waals surface area contributed by atoms with Gasteiger partial charge in [0, 0.05) is 6.92 Å². The van der Waals surface area contributed by atoms with Crippen molar-refractivity contribution in [1.29, 1.82) is 0 Å². The third kappa shape index (κ3) is 1.52. The summed E-state index contributed by atoms with van der Waals surface area (Å²) >= 11 is 0. The van der Waals surface area contributed by atoms with Crippen LogP contribution in [0.4, 0.5) is 0 Å². The van der Waals surface area contributed by atoms with Crippen molar-refractivity contribution in [2.24, 2.45) is 0 Å². The highest BCUT2D eigenvalue weighted by Gasteiger charge is 2.10. The second-order valence-corrected chi connectivity index (χ2v) is 2.76. The molecule has 15 heavy (non-hydrogen) atoms. The smallest absolute Gasteiger partial charge is 0.329 e. The van der Waals surface area contributed by atoms with Crippen LogP contribution in [0.25, 0.3) is 11.2 Å². The minimum absolute atomic E-state index is 0.0233. The maximum Gasteiger partial charge on any atom is 0.329 e. The van der Waals surface area contributed by atoms with Crippen molar-refractivity contribution in [3.8, 4) is 0 Å². The highest BCUT2D eigenvalue weighted by atomic mass is 16.7. The minimum Gasteiger partial charge on any atom is -0.335 e. The lowest BCUT2D eigenvalue weighted by Crippen LogP contribution is -2.25. The van der Waals surface area contributed by atoms with Gasteiger partial charge in [0.05, 0.1) is 0 Å². The molecule has 0 aliphatic rings. The molecule has 0 amide bonds. The van der Waals surface area contributed by atoms with E-state index in [-0.39, 0.29) is 11.2 Å². The van der Waals surface area contributed by atoms with Crippen molar-refractivity contribution in [1.82, 2.24) is 19.7 Å². The molecule has 0 aromatic carbocycles. The van der Waals surface area contributed by atoms with Crippen LogP contribution >= 0.6 is 0 Å². The van der Waals surface area contributed by atoms with E-state index in [1.54, 1.807) is 0 Å². The van der Waals surface area contributed by atoms with Crippen molar-refractivity contribution in [2.45, 2.75) is 6.92 Å². The number of aromatic nitrogens is 4. The predicted molar refractivity (Wildman–Crippen MR) is 48.2 cm³/mol. The van der Waals surface area contributed by atoms with Crippen LogP contribution in [-0.2, 0) is 4.79 Å². The average Bonchev–Trinajstić information content (AvgIpc) is 2.46. The van der Waals surface area contributed by atoms with E-state index in [9.17, 15) is 14.4 Å². The zero-order chi connectivity index (χ0) is 11.0. The monoisotopic (exact) mass is 210 g/mol. The third-order valence-electron chi connectivity index (χ3n) is 1.64. The van der Waals surface area contributed by atoms with Gasteiger partial charge < -0.3 is 4.84 Å². The molecule has 2 heterocycles. The van der Waals surface area contributed by atoms with E-state index in [2.05, 4.69) is 14.8 Å². The van der Waals surface area contributed by atoms with Gasteiger partial charge in [0.2, 0.25) is 0 Å². The molecular formula is C7H6N4O4. The lowest BCUT2D eigenvalue weighted by atomic mass is 10.5. The van der Waals surface area contributed by atoms with Gasteiger partial charge in [-0.3, -0.25) is 14.8 Å². The molecule has 0 aliphatic carbocycles. The SMILES string of the molecule is CC(=O)On1cnc2[nH]c(=O)[nH]c(=O)c21. The van der Waals surface area contributed by atoms with Gasteiger partial charge >= 0.3 is 11.7 Å². The van der Waals surface area contributed by atoms with Gasteiger partial charge in [-0.25, -0.2) is 14.6 Å². The maximum absolute atomic E-state index is 11.3. The number of nitrogens with zero attached hydrogens (tertiary/aromatic N) is 2. The van der Waals surface area contributed by atoms with Crippen LogP contribution in [-0.4, -0.2) is 25.7 Å². The Morgan fingerprint density at radius 2 is 2.20 bits per heavy atom. The molecule has 0 saturated heterocycles. The molecule has 0 aliphatic heterocycles. The Labute approximate surface area is 81.5 Å². The molecule has 0 unspecified atom stereocenters. The summed E-state index contributed by atoms with van der Waals surface area (Å²) in [4.78, 5) is 45.5. The number of rotatable bonds is 1. The van der Waals surface area contributed by atoms with Crippen molar-refractivity contribution < 1.29 is 9.63 Å². The maximum atomic E-state index is 11.3. The summed E-state index contributed by atoms with van der Waals surface area (Å²) in [6.45, 7) is 1.19. The fourth-order valence-electron chi connectivity index (χ4n) is 1.14. The highest BCUT2D eigenvalue weighted by molar-refractivity contribution is 5.71. The number of H-pyrrole nitrogens is 2. The van der Waals surface area contributed by atoms with Gasteiger partial charge in [0.1, 0.15) is 6.33 Å². The fraction of sp³-hybridized carbons (Fsp3) is 0.143. The summed E-state index contributed by atoms with van der Waals surface area (Å²) in [7, 11) is 0. The van der Waals surface area contributed by atoms with Gasteiger partial charge in [-0.1, -0.05) is 0 Å². The number of nitrogens with one attached hydrogen (secondary N) is 2. The molecular weight excluding hydrogens is 204 g/mol. The molecule has 2 N–H and O–H groups in total. The van der Waals surface area contributed by atoms with Crippen molar-refractivity contribution >= 4 is 17.1 Å². The number of carbonyl (C=O) groups excluding carboxylic acids is 1. The molecule has 8 nitrogen and oxygen atoms in total. The summed E-state index contributed by atoms with van der Waals surface area (Å²) in [5, 5.41) is 0. The second-order valence-electron chi connectivity index (χ2n) is 2.76. The third-order valence-corrected chi connectivity index (χ3v) is 1.64. The number of carbonyl (C=O) groups is 1. The first-order valence-electron chi connectivity index (χ1n) is 3.96. The largest absolute Gasteiger partial charge is 0.335 e. The molecule has 2 rings (SSSR count). The Kier molecular flexibility index (Phi) is 1.89. The first-order valence-corrected chi connectivity index (χ1v) is 3.96. The standard InChI is InChI=1S/C7H6N4O4/c1-3(12)15-11-2-8-5-4(11)6(13)10-7(14)9-5/h2H,1H3,(H2,9,10,13,14). The quantitative estimate of drug-likeness (QED) is 0.588. The molecule has 0 fully saturated rings. The zero-order valence-electron chi connectivity index (χ0n) is 7.60. The molecule has 0 radical (unpaired) electrons. The number of imidazole rings is 1. The predicted octanol–water partition coefficient (Wildman–Crippen LogP) is -1.61. The topological polar surface area (TPSA) is 110 Å². The van der Waals surface area contributed by atoms with E-state index >= 15 is 0 Å². The van der Waals surface area contributed by atoms with E-state index in [0.717, 1.165) is 11.1 Å². The van der Waals surface area contributed by atoms with Gasteiger partial charge in [-0.05, 0) is 0 Å². The van der Waals surface area contributed by atoms with Gasteiger partial charge in [0.15, 0.2) is 11.2 Å². The van der Waals surface area contributed by atoms with E-state index in [1.807, 2.05) is 4.98 Å². The van der Waals surface area contributed by atoms with Crippen LogP contribution in [0.5, 0.6) is 0 Å². The van der Waals surface area contributed by atoms with Crippen molar-refractivity contribution in [3.63, 3.8) is 0 Å². The normalized spacial score (nSPS) is 10.5.